The maximum absolute atomic E-state index is 14.0. The molecule has 4 rings (SSSR count). The van der Waals surface area contributed by atoms with Gasteiger partial charge >= 0.3 is 0 Å². The van der Waals surface area contributed by atoms with Gasteiger partial charge in [0.15, 0.2) is 5.96 Å². The van der Waals surface area contributed by atoms with Gasteiger partial charge in [-0.25, -0.2) is 4.98 Å². The average Bonchev–Trinajstić information content (AvgIpc) is 3.75. The summed E-state index contributed by atoms with van der Waals surface area (Å²) in [7, 11) is 0. The summed E-state index contributed by atoms with van der Waals surface area (Å²) in [5, 5.41) is 11.7. The molecule has 0 spiro atoms. The Kier molecular flexibility index (Phi) is 13.7. The molecule has 0 bridgehead atoms. The van der Waals surface area contributed by atoms with E-state index in [0.29, 0.717) is 17.7 Å². The number of fused-ring (bicyclic) bond motifs is 1. The van der Waals surface area contributed by atoms with E-state index in [1.807, 2.05) is 24.3 Å². The molecule has 0 radical (unpaired) electrons. The number of H-pyrrole nitrogens is 2. The summed E-state index contributed by atoms with van der Waals surface area (Å²) >= 11 is 3.40. The topological polar surface area (TPSA) is 268 Å². The van der Waals surface area contributed by atoms with E-state index >= 15 is 0 Å². The lowest BCUT2D eigenvalue weighted by Crippen LogP contribution is -2.59. The first-order chi connectivity index (χ1) is 24.4. The Balaban J connectivity index is 1.57. The Morgan fingerprint density at radius 2 is 1.45 bits per heavy atom. The van der Waals surface area contributed by atoms with E-state index in [2.05, 4.69) is 57.1 Å². The number of amides is 5. The summed E-state index contributed by atoms with van der Waals surface area (Å²) in [4.78, 5) is 79.9. The number of hydrogen-bond acceptors (Lipinski definition) is 7. The summed E-state index contributed by atoms with van der Waals surface area (Å²) < 4.78 is 0.815. The van der Waals surface area contributed by atoms with Gasteiger partial charge in [0.2, 0.25) is 29.5 Å². The van der Waals surface area contributed by atoms with Crippen molar-refractivity contribution in [2.24, 2.45) is 22.2 Å². The maximum Gasteiger partial charge on any atom is 0.243 e. The number of guanidine groups is 1. The second-order valence-electron chi connectivity index (χ2n) is 12.0. The van der Waals surface area contributed by atoms with Crippen LogP contribution in [0.3, 0.4) is 0 Å². The molecule has 0 aliphatic carbocycles. The first-order valence-corrected chi connectivity index (χ1v) is 17.0. The summed E-state index contributed by atoms with van der Waals surface area (Å²) in [6, 6.07) is 10.2. The van der Waals surface area contributed by atoms with Crippen molar-refractivity contribution in [1.82, 2.24) is 36.2 Å². The smallest absolute Gasteiger partial charge is 0.243 e. The number of aromatic amines is 2. The van der Waals surface area contributed by atoms with Crippen molar-refractivity contribution in [2.45, 2.75) is 63.2 Å². The third kappa shape index (κ3) is 11.7. The number of nitrogens with one attached hydrogen (secondary N) is 6. The van der Waals surface area contributed by atoms with E-state index in [-0.39, 0.29) is 38.2 Å². The lowest BCUT2D eigenvalue weighted by molar-refractivity contribution is -0.134. The number of rotatable bonds is 18. The molecule has 0 saturated heterocycles. The summed E-state index contributed by atoms with van der Waals surface area (Å²) in [6.45, 7) is 1.45. The van der Waals surface area contributed by atoms with Crippen LogP contribution in [0.5, 0.6) is 0 Å². The van der Waals surface area contributed by atoms with Gasteiger partial charge in [0.25, 0.3) is 0 Å². The van der Waals surface area contributed by atoms with Gasteiger partial charge in [-0.15, -0.1) is 0 Å². The van der Waals surface area contributed by atoms with Crippen LogP contribution in [-0.2, 0) is 43.2 Å². The molecule has 51 heavy (non-hydrogen) atoms. The Hall–Kier alpha value is -5.71. The highest BCUT2D eigenvalue weighted by molar-refractivity contribution is 9.10. The fourth-order valence-electron chi connectivity index (χ4n) is 5.47. The third-order valence-corrected chi connectivity index (χ3v) is 8.52. The molecular weight excluding hydrogens is 722 g/mol. The van der Waals surface area contributed by atoms with Gasteiger partial charge in [-0.1, -0.05) is 46.3 Å². The number of nitrogens with zero attached hydrogens (tertiary/aromatic N) is 2. The maximum atomic E-state index is 14.0. The Bertz CT molecular complexity index is 1840. The molecule has 4 atom stereocenters. The van der Waals surface area contributed by atoms with Gasteiger partial charge in [0.05, 0.1) is 6.33 Å². The minimum absolute atomic E-state index is 0.0501. The Labute approximate surface area is 302 Å². The highest BCUT2D eigenvalue weighted by atomic mass is 79.9. The third-order valence-electron chi connectivity index (χ3n) is 8.00. The molecule has 270 valence electrons. The van der Waals surface area contributed by atoms with Crippen molar-refractivity contribution in [3.63, 3.8) is 0 Å². The zero-order chi connectivity index (χ0) is 36.9. The van der Waals surface area contributed by atoms with Crippen LogP contribution in [0, 0.1) is 0 Å². The number of aliphatic imine (C=N–C) groups is 1. The number of carbonyl (C=O) groups is 5. The van der Waals surface area contributed by atoms with Gasteiger partial charge in [0.1, 0.15) is 24.2 Å². The summed E-state index contributed by atoms with van der Waals surface area (Å²) in [6.07, 6.45) is 5.33. The fourth-order valence-corrected chi connectivity index (χ4v) is 5.73. The monoisotopic (exact) mass is 763 g/mol. The van der Waals surface area contributed by atoms with Crippen LogP contribution in [0.25, 0.3) is 10.9 Å². The van der Waals surface area contributed by atoms with E-state index in [1.165, 1.54) is 19.4 Å². The number of para-hydroxylation sites is 1. The van der Waals surface area contributed by atoms with E-state index < -0.39 is 53.7 Å². The number of imidazole rings is 1. The zero-order valence-electron chi connectivity index (χ0n) is 27.9. The number of carbonyl (C=O) groups excluding carboxylic acids is 5. The van der Waals surface area contributed by atoms with Crippen LogP contribution in [0.4, 0.5) is 0 Å². The molecule has 4 unspecified atom stereocenters. The van der Waals surface area contributed by atoms with Gasteiger partial charge in [-0.3, -0.25) is 29.0 Å². The first kappa shape index (κ1) is 38.1. The van der Waals surface area contributed by atoms with Crippen LogP contribution < -0.4 is 38.5 Å². The Morgan fingerprint density at radius 1 is 0.804 bits per heavy atom. The summed E-state index contributed by atoms with van der Waals surface area (Å²) in [5.74, 6) is -3.31. The second-order valence-corrected chi connectivity index (χ2v) is 12.9. The van der Waals surface area contributed by atoms with E-state index in [0.717, 1.165) is 20.9 Å². The molecular formula is C34H42BrN11O5. The van der Waals surface area contributed by atoms with Crippen molar-refractivity contribution in [2.75, 3.05) is 6.54 Å². The standard InChI is InChI=1S/C34H42BrN11O5/c1-19(47)43-29(15-23-17-39-18-42-23)33(51)46-28(13-20-8-10-22(35)11-9-20)32(50)44-26(7-4-12-40-34(37)38)31(49)45-27(30(36)48)14-21-16-41-25-6-3-2-5-24(21)25/h2-3,5-6,8-11,16-18,26-29,41H,4,7,12-15H2,1H3,(H2,36,48)(H,39,42)(H,43,47)(H,44,50)(H,45,49)(H,46,51)(H4,37,38,40). The van der Waals surface area contributed by atoms with E-state index in [1.54, 1.807) is 30.5 Å². The lowest BCUT2D eigenvalue weighted by atomic mass is 10.0. The normalized spacial score (nSPS) is 13.3. The molecule has 2 aromatic carbocycles. The van der Waals surface area contributed by atoms with E-state index in [9.17, 15) is 24.0 Å². The molecule has 5 amide bonds. The lowest BCUT2D eigenvalue weighted by Gasteiger charge is -2.26. The number of primary amides is 1. The summed E-state index contributed by atoms with van der Waals surface area (Å²) in [5.41, 5.74) is 19.6. The molecule has 12 N–H and O–H groups in total. The SMILES string of the molecule is CC(=O)NC(Cc1cnc[nH]1)C(=O)NC(Cc1ccc(Br)cc1)C(=O)NC(CCCN=C(N)N)C(=O)NC(Cc1c[nH]c2ccccc12)C(N)=O. The second kappa shape index (κ2) is 18.3. The molecule has 2 aromatic heterocycles. The molecule has 17 heteroatoms. The van der Waals surface area contributed by atoms with Gasteiger partial charge < -0.3 is 48.4 Å². The van der Waals surface area contributed by atoms with Crippen molar-refractivity contribution in [3.05, 3.63) is 88.5 Å². The molecule has 16 nitrogen and oxygen atoms in total. The van der Waals surface area contributed by atoms with Gasteiger partial charge in [-0.2, -0.15) is 0 Å². The predicted octanol–water partition coefficient (Wildman–Crippen LogP) is 0.179. The highest BCUT2D eigenvalue weighted by Crippen LogP contribution is 2.19. The Morgan fingerprint density at radius 3 is 2.10 bits per heavy atom. The van der Waals surface area contributed by atoms with Gasteiger partial charge in [0, 0.05) is 66.2 Å². The molecule has 0 aliphatic heterocycles. The van der Waals surface area contributed by atoms with E-state index in [4.69, 9.17) is 17.2 Å². The first-order valence-electron chi connectivity index (χ1n) is 16.2. The number of nitrogens with two attached hydrogens (primary N) is 3. The molecule has 0 fully saturated rings. The molecule has 0 aliphatic rings. The average molecular weight is 765 g/mol. The van der Waals surface area contributed by atoms with Crippen LogP contribution in [0.1, 0.15) is 36.6 Å². The fraction of sp³-hybridized carbons (Fsp3) is 0.324. The largest absolute Gasteiger partial charge is 0.370 e. The van der Waals surface area contributed by atoms with Gasteiger partial charge in [-0.05, 0) is 42.2 Å². The van der Waals surface area contributed by atoms with Crippen LogP contribution in [0.15, 0.2) is 76.7 Å². The molecule has 2 heterocycles. The number of hydrogen-bond donors (Lipinski definition) is 9. The molecule has 4 aromatic rings. The van der Waals surface area contributed by atoms with Crippen molar-refractivity contribution < 1.29 is 24.0 Å². The highest BCUT2D eigenvalue weighted by Gasteiger charge is 2.31. The predicted molar refractivity (Wildman–Crippen MR) is 195 cm³/mol. The van der Waals surface area contributed by atoms with Crippen molar-refractivity contribution in [3.8, 4) is 0 Å². The van der Waals surface area contributed by atoms with Crippen molar-refractivity contribution >= 4 is 62.3 Å². The number of halogens is 1. The van der Waals surface area contributed by atoms with Crippen LogP contribution >= 0.6 is 15.9 Å². The van der Waals surface area contributed by atoms with Crippen LogP contribution in [0.2, 0.25) is 0 Å². The molecule has 0 saturated carbocycles. The minimum atomic E-state index is -1.18. The number of aromatic nitrogens is 3. The number of benzene rings is 2. The van der Waals surface area contributed by atoms with Crippen molar-refractivity contribution in [1.29, 1.82) is 0 Å². The quantitative estimate of drug-likeness (QED) is 0.0382. The minimum Gasteiger partial charge on any atom is -0.370 e. The van der Waals surface area contributed by atoms with Crippen LogP contribution in [-0.4, -0.2) is 81.2 Å². The zero-order valence-corrected chi connectivity index (χ0v) is 29.5.